The quantitative estimate of drug-likeness (QED) is 0.837. The summed E-state index contributed by atoms with van der Waals surface area (Å²) in [6, 6.07) is 4.61. The summed E-state index contributed by atoms with van der Waals surface area (Å²) in [6.45, 7) is 8.31. The van der Waals surface area contributed by atoms with Crippen molar-refractivity contribution in [3.8, 4) is 5.75 Å². The van der Waals surface area contributed by atoms with Gasteiger partial charge in [-0.25, -0.2) is 0 Å². The third kappa shape index (κ3) is 3.78. The maximum Gasteiger partial charge on any atom is 0.258 e. The highest BCUT2D eigenvalue weighted by Gasteiger charge is 2.40. The Bertz CT molecular complexity index is 858. The SMILES string of the molecule is CCOc1ccc2oc(C)c(C(=O)N3C[C@@H](N)C[C@H]3C(=O)NC(C)C)c2c1. The fraction of sp³-hybridized carbons (Fsp3) is 0.500. The van der Waals surface area contributed by atoms with E-state index in [9.17, 15) is 9.59 Å². The van der Waals surface area contributed by atoms with Crippen LogP contribution < -0.4 is 15.8 Å². The average Bonchev–Trinajstić information content (AvgIpc) is 3.13. The molecule has 2 aromatic rings. The lowest BCUT2D eigenvalue weighted by atomic mass is 10.1. The number of hydrogen-bond donors (Lipinski definition) is 2. The number of ether oxygens (including phenoxy) is 1. The Hall–Kier alpha value is -2.54. The molecule has 0 saturated carbocycles. The number of hydrogen-bond acceptors (Lipinski definition) is 5. The molecule has 0 aliphatic carbocycles. The molecule has 1 aliphatic rings. The van der Waals surface area contributed by atoms with Gasteiger partial charge in [-0.1, -0.05) is 0 Å². The molecule has 7 nitrogen and oxygen atoms in total. The number of nitrogens with one attached hydrogen (secondary N) is 1. The highest BCUT2D eigenvalue weighted by Crippen LogP contribution is 2.32. The molecule has 0 bridgehead atoms. The van der Waals surface area contributed by atoms with Gasteiger partial charge in [0.1, 0.15) is 23.1 Å². The van der Waals surface area contributed by atoms with Crippen molar-refractivity contribution in [1.29, 1.82) is 0 Å². The van der Waals surface area contributed by atoms with Gasteiger partial charge < -0.3 is 25.1 Å². The second-order valence-electron chi connectivity index (χ2n) is 7.26. The molecule has 3 rings (SSSR count). The molecule has 0 radical (unpaired) electrons. The molecule has 1 fully saturated rings. The standard InChI is InChI=1S/C20H27N3O4/c1-5-26-14-6-7-17-15(9-14)18(12(4)27-17)20(25)23-10-13(21)8-16(23)19(24)22-11(2)3/h6-7,9,11,13,16H,5,8,10,21H2,1-4H3,(H,22,24)/t13-,16-/m0/s1. The van der Waals surface area contributed by atoms with Gasteiger partial charge in [-0.15, -0.1) is 0 Å². The number of rotatable bonds is 5. The molecular formula is C20H27N3O4. The molecule has 1 aliphatic heterocycles. The molecule has 27 heavy (non-hydrogen) atoms. The van der Waals surface area contributed by atoms with Gasteiger partial charge in [0.25, 0.3) is 5.91 Å². The smallest absolute Gasteiger partial charge is 0.258 e. The minimum absolute atomic E-state index is 0.00322. The van der Waals surface area contributed by atoms with Crippen LogP contribution in [0.3, 0.4) is 0 Å². The molecule has 1 saturated heterocycles. The summed E-state index contributed by atoms with van der Waals surface area (Å²) in [5, 5.41) is 3.57. The first kappa shape index (κ1) is 19.2. The van der Waals surface area contributed by atoms with E-state index < -0.39 is 6.04 Å². The van der Waals surface area contributed by atoms with E-state index in [4.69, 9.17) is 14.9 Å². The molecule has 2 atom stereocenters. The predicted molar refractivity (Wildman–Crippen MR) is 103 cm³/mol. The van der Waals surface area contributed by atoms with Gasteiger partial charge in [0.05, 0.1) is 12.2 Å². The summed E-state index contributed by atoms with van der Waals surface area (Å²) in [7, 11) is 0. The number of aryl methyl sites for hydroxylation is 1. The number of fused-ring (bicyclic) bond motifs is 1. The first-order valence-electron chi connectivity index (χ1n) is 9.34. The van der Waals surface area contributed by atoms with Crippen LogP contribution in [0, 0.1) is 6.92 Å². The van der Waals surface area contributed by atoms with Crippen molar-refractivity contribution in [3.63, 3.8) is 0 Å². The number of benzene rings is 1. The van der Waals surface area contributed by atoms with Crippen molar-refractivity contribution in [2.75, 3.05) is 13.2 Å². The minimum Gasteiger partial charge on any atom is -0.494 e. The van der Waals surface area contributed by atoms with E-state index in [0.717, 1.165) is 0 Å². The molecule has 146 valence electrons. The van der Waals surface area contributed by atoms with Crippen molar-refractivity contribution >= 4 is 22.8 Å². The fourth-order valence-electron chi connectivity index (χ4n) is 3.59. The zero-order valence-electron chi connectivity index (χ0n) is 16.2. The molecular weight excluding hydrogens is 346 g/mol. The van der Waals surface area contributed by atoms with Gasteiger partial charge in [-0.3, -0.25) is 9.59 Å². The van der Waals surface area contributed by atoms with E-state index in [2.05, 4.69) is 5.32 Å². The zero-order valence-corrected chi connectivity index (χ0v) is 16.2. The van der Waals surface area contributed by atoms with Gasteiger partial charge >= 0.3 is 0 Å². The Morgan fingerprint density at radius 3 is 2.81 bits per heavy atom. The first-order chi connectivity index (χ1) is 12.8. The fourth-order valence-corrected chi connectivity index (χ4v) is 3.59. The number of furan rings is 1. The van der Waals surface area contributed by atoms with E-state index in [1.807, 2.05) is 32.9 Å². The largest absolute Gasteiger partial charge is 0.494 e. The Morgan fingerprint density at radius 1 is 1.41 bits per heavy atom. The van der Waals surface area contributed by atoms with Crippen molar-refractivity contribution in [2.45, 2.75) is 52.2 Å². The summed E-state index contributed by atoms with van der Waals surface area (Å²) >= 11 is 0. The zero-order chi connectivity index (χ0) is 19.7. The van der Waals surface area contributed by atoms with Crippen molar-refractivity contribution in [2.24, 2.45) is 5.73 Å². The van der Waals surface area contributed by atoms with Gasteiger partial charge in [0.15, 0.2) is 0 Å². The van der Waals surface area contributed by atoms with Gasteiger partial charge in [-0.2, -0.15) is 0 Å². The summed E-state index contributed by atoms with van der Waals surface area (Å²) < 4.78 is 11.3. The molecule has 1 aromatic carbocycles. The summed E-state index contributed by atoms with van der Waals surface area (Å²) in [5.41, 5.74) is 7.15. The Morgan fingerprint density at radius 2 is 2.15 bits per heavy atom. The van der Waals surface area contributed by atoms with E-state index in [-0.39, 0.29) is 23.9 Å². The Balaban J connectivity index is 1.97. The van der Waals surface area contributed by atoms with Crippen LogP contribution in [-0.4, -0.2) is 48.0 Å². The van der Waals surface area contributed by atoms with Gasteiger partial charge in [0.2, 0.25) is 5.91 Å². The van der Waals surface area contributed by atoms with Crippen molar-refractivity contribution in [3.05, 3.63) is 29.5 Å². The molecule has 7 heteroatoms. The van der Waals surface area contributed by atoms with Crippen LogP contribution in [0.25, 0.3) is 11.0 Å². The summed E-state index contributed by atoms with van der Waals surface area (Å²) in [4.78, 5) is 27.5. The van der Waals surface area contributed by atoms with Gasteiger partial charge in [0, 0.05) is 24.0 Å². The third-order valence-corrected chi connectivity index (χ3v) is 4.69. The number of likely N-dealkylation sites (tertiary alicyclic amines) is 1. The Kier molecular flexibility index (Phi) is 5.41. The van der Waals surface area contributed by atoms with Crippen LogP contribution in [0.5, 0.6) is 5.75 Å². The van der Waals surface area contributed by atoms with Crippen molar-refractivity contribution in [1.82, 2.24) is 10.2 Å². The molecule has 3 N–H and O–H groups in total. The number of carbonyl (C=O) groups is 2. The second kappa shape index (κ2) is 7.60. The third-order valence-electron chi connectivity index (χ3n) is 4.69. The molecule has 2 amide bonds. The van der Waals surface area contributed by atoms with E-state index >= 15 is 0 Å². The highest BCUT2D eigenvalue weighted by molar-refractivity contribution is 6.08. The second-order valence-corrected chi connectivity index (χ2v) is 7.26. The minimum atomic E-state index is -0.575. The first-order valence-corrected chi connectivity index (χ1v) is 9.34. The highest BCUT2D eigenvalue weighted by atomic mass is 16.5. The van der Waals surface area contributed by atoms with Crippen molar-refractivity contribution < 1.29 is 18.7 Å². The molecule has 0 unspecified atom stereocenters. The molecule has 2 heterocycles. The topological polar surface area (TPSA) is 97.8 Å². The molecule has 1 aromatic heterocycles. The monoisotopic (exact) mass is 373 g/mol. The number of nitrogens with two attached hydrogens (primary N) is 1. The number of nitrogens with zero attached hydrogens (tertiary/aromatic N) is 1. The van der Waals surface area contributed by atoms with Crippen LogP contribution in [0.4, 0.5) is 0 Å². The van der Waals surface area contributed by atoms with E-state index in [1.54, 1.807) is 17.9 Å². The van der Waals surface area contributed by atoms with Crippen LogP contribution >= 0.6 is 0 Å². The maximum atomic E-state index is 13.3. The normalized spacial score (nSPS) is 19.7. The average molecular weight is 373 g/mol. The van der Waals surface area contributed by atoms with Crippen LogP contribution in [-0.2, 0) is 4.79 Å². The Labute approximate surface area is 158 Å². The van der Waals surface area contributed by atoms with Crippen LogP contribution in [0.1, 0.15) is 43.3 Å². The van der Waals surface area contributed by atoms with Crippen LogP contribution in [0.2, 0.25) is 0 Å². The summed E-state index contributed by atoms with van der Waals surface area (Å²) in [5.74, 6) is 0.780. The number of carbonyl (C=O) groups excluding carboxylic acids is 2. The molecule has 0 spiro atoms. The summed E-state index contributed by atoms with van der Waals surface area (Å²) in [6.07, 6.45) is 0.448. The van der Waals surface area contributed by atoms with E-state index in [0.29, 0.717) is 47.6 Å². The lowest BCUT2D eigenvalue weighted by Crippen LogP contribution is -2.47. The van der Waals surface area contributed by atoms with E-state index in [1.165, 1.54) is 0 Å². The van der Waals surface area contributed by atoms with Crippen LogP contribution in [0.15, 0.2) is 22.6 Å². The lowest BCUT2D eigenvalue weighted by molar-refractivity contribution is -0.125. The maximum absolute atomic E-state index is 13.3. The van der Waals surface area contributed by atoms with Gasteiger partial charge in [-0.05, 0) is 52.3 Å². The number of amides is 2. The lowest BCUT2D eigenvalue weighted by Gasteiger charge is -2.24. The predicted octanol–water partition coefficient (Wildman–Crippen LogP) is 2.21.